The van der Waals surface area contributed by atoms with Crippen molar-refractivity contribution in [3.05, 3.63) is 65.7 Å². The molecule has 0 bridgehead atoms. The highest BCUT2D eigenvalue weighted by atomic mass is 32.2. The second kappa shape index (κ2) is 37.3. The first-order valence-electron chi connectivity index (χ1n) is 27.9. The molecule has 0 unspecified atom stereocenters. The van der Waals surface area contributed by atoms with Crippen LogP contribution in [0.3, 0.4) is 0 Å². The number of hydrogen-bond acceptors (Lipinski definition) is 17. The Hall–Kier alpha value is -8.09. The van der Waals surface area contributed by atoms with Crippen molar-refractivity contribution in [3.8, 4) is 5.75 Å². The van der Waals surface area contributed by atoms with E-state index in [1.807, 2.05) is 0 Å². The highest BCUT2D eigenvalue weighted by molar-refractivity contribution is 7.98. The van der Waals surface area contributed by atoms with Crippen molar-refractivity contribution in [1.82, 2.24) is 47.4 Å². The summed E-state index contributed by atoms with van der Waals surface area (Å²) in [5.74, 6) is -10.7. The molecule has 9 amide bonds. The largest absolute Gasteiger partial charge is 0.508 e. The molecule has 0 aromatic heterocycles. The van der Waals surface area contributed by atoms with Gasteiger partial charge >= 0.3 is 11.9 Å². The van der Waals surface area contributed by atoms with Crippen LogP contribution < -0.4 is 65.5 Å². The van der Waals surface area contributed by atoms with Crippen LogP contribution in [-0.4, -0.2) is 196 Å². The number of carboxylic acids is 2. The summed E-state index contributed by atoms with van der Waals surface area (Å²) in [6.45, 7) is 2.39. The van der Waals surface area contributed by atoms with Crippen molar-refractivity contribution in [3.63, 3.8) is 0 Å². The molecule has 3 rings (SSSR count). The standard InChI is InChI=1S/C55H84N14O15S/c1-31(2)25-39(47(76)61-29-44(72)62-38(54(83)84)14-9-22-60-55(58)59)67-52(81)43-15-10-23-69(43)53(82)37(20-24-85-3)64-50(79)41(28-45(73)74)66-48(77)36(13-7-8-21-56)63-49(78)40(27-32-11-5-4-6-12-32)65-51(80)42(30-70)68-46(75)35(57)26-33-16-18-34(71)19-17-33/h4-6,11-12,16-19,31,35-43,70-71H,7-10,13-15,20-30,56-57H2,1-3H3,(H,61,76)(H,62,72)(H,63,78)(H,64,79)(H,65,80)(H,66,77)(H,67,81)(H,68,75)(H,73,74)(H,83,84)(H4,58,59,60)/t35-,36-,37-,38-,39-,40-,41-,42-,43-/m0/s1. The Labute approximate surface area is 497 Å². The Morgan fingerprint density at radius 2 is 1.26 bits per heavy atom. The third kappa shape index (κ3) is 25.7. The molecular formula is C55H84N14O15S. The maximum absolute atomic E-state index is 14.5. The number of carboxylic acid groups (broad SMARTS) is 2. The predicted molar refractivity (Wildman–Crippen MR) is 313 cm³/mol. The summed E-state index contributed by atoms with van der Waals surface area (Å²) >= 11 is 1.32. The molecule has 1 saturated heterocycles. The van der Waals surface area contributed by atoms with Gasteiger partial charge in [-0.2, -0.15) is 11.8 Å². The van der Waals surface area contributed by atoms with Crippen LogP contribution in [0.25, 0.3) is 0 Å². The first kappa shape index (κ1) is 71.2. The monoisotopic (exact) mass is 1210 g/mol. The van der Waals surface area contributed by atoms with Crippen molar-refractivity contribution < 1.29 is 73.2 Å². The molecule has 20 N–H and O–H groups in total. The van der Waals surface area contributed by atoms with E-state index in [4.69, 9.17) is 22.9 Å². The number of aromatic hydroxyl groups is 1. The zero-order valence-corrected chi connectivity index (χ0v) is 48.9. The minimum Gasteiger partial charge on any atom is -0.508 e. The fourth-order valence-corrected chi connectivity index (χ4v) is 9.48. The van der Waals surface area contributed by atoms with Gasteiger partial charge < -0.3 is 90.8 Å². The number of thioether (sulfide) groups is 1. The number of amides is 9. The van der Waals surface area contributed by atoms with Crippen LogP contribution in [-0.2, 0) is 65.6 Å². The van der Waals surface area contributed by atoms with Crippen LogP contribution >= 0.6 is 11.8 Å². The van der Waals surface area contributed by atoms with Gasteiger partial charge in [-0.3, -0.25) is 52.9 Å². The van der Waals surface area contributed by atoms with Gasteiger partial charge in [0.05, 0.1) is 25.6 Å². The lowest BCUT2D eigenvalue weighted by atomic mass is 10.0. The number of nitrogens with one attached hydrogen (secondary N) is 8. The van der Waals surface area contributed by atoms with Gasteiger partial charge in [-0.25, -0.2) is 4.79 Å². The first-order valence-corrected chi connectivity index (χ1v) is 29.3. The zero-order valence-electron chi connectivity index (χ0n) is 48.1. The number of aliphatic carboxylic acids is 2. The number of unbranched alkanes of at least 4 members (excludes halogenated alkanes) is 1. The number of phenolic OH excluding ortho intramolecular Hbond substituents is 1. The number of rotatable bonds is 38. The summed E-state index contributed by atoms with van der Waals surface area (Å²) in [5.41, 5.74) is 23.6. The van der Waals surface area contributed by atoms with E-state index in [0.717, 1.165) is 0 Å². The molecule has 0 aliphatic carbocycles. The van der Waals surface area contributed by atoms with Gasteiger partial charge in [-0.05, 0) is 112 Å². The topological polar surface area (TPSA) is 485 Å². The lowest BCUT2D eigenvalue weighted by molar-refractivity contribution is -0.144. The fourth-order valence-electron chi connectivity index (χ4n) is 9.01. The number of aliphatic hydroxyl groups excluding tert-OH is 1. The average molecular weight is 1210 g/mol. The normalized spacial score (nSPS) is 15.7. The summed E-state index contributed by atoms with van der Waals surface area (Å²) in [6, 6.07) is 1.78. The number of likely N-dealkylation sites (tertiary alicyclic amines) is 1. The molecule has 85 heavy (non-hydrogen) atoms. The molecule has 2 aromatic rings. The van der Waals surface area contributed by atoms with Crippen molar-refractivity contribution in [2.45, 2.75) is 145 Å². The van der Waals surface area contributed by atoms with Crippen LogP contribution in [0.1, 0.15) is 89.2 Å². The molecule has 1 aliphatic heterocycles. The third-order valence-corrected chi connectivity index (χ3v) is 14.1. The highest BCUT2D eigenvalue weighted by Crippen LogP contribution is 2.21. The highest BCUT2D eigenvalue weighted by Gasteiger charge is 2.40. The smallest absolute Gasteiger partial charge is 0.326 e. The Balaban J connectivity index is 1.80. The molecule has 0 spiro atoms. The summed E-state index contributed by atoms with van der Waals surface area (Å²) in [4.78, 5) is 153. The fraction of sp³-hybridized carbons (Fsp3) is 0.564. The number of carbonyl (C=O) groups excluding carboxylic acids is 9. The number of benzene rings is 2. The van der Waals surface area contributed by atoms with E-state index >= 15 is 0 Å². The van der Waals surface area contributed by atoms with Crippen LogP contribution in [0, 0.1) is 5.92 Å². The minimum absolute atomic E-state index is 0.00257. The quantitative estimate of drug-likeness (QED) is 0.0177. The second-order valence-electron chi connectivity index (χ2n) is 20.8. The van der Waals surface area contributed by atoms with E-state index in [1.54, 1.807) is 62.6 Å². The van der Waals surface area contributed by atoms with Crippen LogP contribution in [0.4, 0.5) is 0 Å². The van der Waals surface area contributed by atoms with Gasteiger partial charge in [0.25, 0.3) is 0 Å². The zero-order chi connectivity index (χ0) is 63.2. The Morgan fingerprint density at radius 3 is 1.87 bits per heavy atom. The average Bonchev–Trinajstić information content (AvgIpc) is 3.80. The van der Waals surface area contributed by atoms with Crippen molar-refractivity contribution in [2.75, 3.05) is 44.8 Å². The van der Waals surface area contributed by atoms with Crippen LogP contribution in [0.5, 0.6) is 5.75 Å². The van der Waals surface area contributed by atoms with Gasteiger partial charge in [0, 0.05) is 19.5 Å². The lowest BCUT2D eigenvalue weighted by Gasteiger charge is -2.31. The molecule has 0 radical (unpaired) electrons. The molecule has 1 fully saturated rings. The van der Waals surface area contributed by atoms with Crippen molar-refractivity contribution in [1.29, 1.82) is 0 Å². The van der Waals surface area contributed by atoms with Gasteiger partial charge in [0.15, 0.2) is 5.96 Å². The molecule has 9 atom stereocenters. The Morgan fingerprint density at radius 1 is 0.671 bits per heavy atom. The maximum Gasteiger partial charge on any atom is 0.326 e. The molecule has 0 saturated carbocycles. The van der Waals surface area contributed by atoms with E-state index < -0.39 is 139 Å². The Kier molecular flexibility index (Phi) is 31.2. The predicted octanol–water partition coefficient (Wildman–Crippen LogP) is -3.46. The maximum atomic E-state index is 14.5. The number of nitrogens with zero attached hydrogens (tertiary/aromatic N) is 2. The van der Waals surface area contributed by atoms with E-state index in [1.165, 1.54) is 28.8 Å². The second-order valence-corrected chi connectivity index (χ2v) is 21.8. The molecule has 1 heterocycles. The summed E-state index contributed by atoms with van der Waals surface area (Å²) in [6.07, 6.45) is 1.93. The summed E-state index contributed by atoms with van der Waals surface area (Å²) in [7, 11) is 0. The van der Waals surface area contributed by atoms with Gasteiger partial charge in [0.1, 0.15) is 54.1 Å². The SMILES string of the molecule is CSCC[C@H](NC(=O)[C@H](CC(=O)O)NC(=O)[C@H](CCCCN)NC(=O)[C@H](Cc1ccccc1)NC(=O)[C@H](CO)NC(=O)[C@@H](N)Cc1ccc(O)cc1)C(=O)N1CCC[C@H]1C(=O)N[C@@H](CC(C)C)C(=O)NCC(=O)N[C@@H](CCCN=C(N)N)C(=O)O. The number of aliphatic imine (C=N–C) groups is 1. The number of guanidine groups is 1. The van der Waals surface area contributed by atoms with E-state index in [-0.39, 0.29) is 95.0 Å². The van der Waals surface area contributed by atoms with E-state index in [9.17, 15) is 73.2 Å². The number of hydrogen-bond donors (Lipinski definition) is 16. The van der Waals surface area contributed by atoms with Gasteiger partial charge in [-0.15, -0.1) is 0 Å². The lowest BCUT2D eigenvalue weighted by Crippen LogP contribution is -2.61. The van der Waals surface area contributed by atoms with Crippen molar-refractivity contribution >= 4 is 82.8 Å². The molecule has 470 valence electrons. The van der Waals surface area contributed by atoms with Crippen molar-refractivity contribution in [2.24, 2.45) is 33.8 Å². The molecular weight excluding hydrogens is 1130 g/mol. The minimum atomic E-state index is -1.83. The summed E-state index contributed by atoms with van der Waals surface area (Å²) < 4.78 is 0. The molecule has 1 aliphatic rings. The van der Waals surface area contributed by atoms with Gasteiger partial charge in [0.2, 0.25) is 53.2 Å². The van der Waals surface area contributed by atoms with E-state index in [2.05, 4.69) is 47.5 Å². The number of phenols is 1. The molecule has 2 aromatic carbocycles. The first-order chi connectivity index (χ1) is 40.4. The van der Waals surface area contributed by atoms with Crippen LogP contribution in [0.2, 0.25) is 0 Å². The van der Waals surface area contributed by atoms with E-state index in [0.29, 0.717) is 29.7 Å². The third-order valence-electron chi connectivity index (χ3n) is 13.5. The molecule has 30 heteroatoms. The Bertz CT molecular complexity index is 2600. The number of carbonyl (C=O) groups is 11. The number of aliphatic hydroxyl groups is 1. The van der Waals surface area contributed by atoms with Crippen LogP contribution in [0.15, 0.2) is 59.6 Å². The molecule has 29 nitrogen and oxygen atoms in total. The summed E-state index contributed by atoms with van der Waals surface area (Å²) in [5, 5.41) is 59.4. The van der Waals surface area contributed by atoms with Gasteiger partial charge in [-0.1, -0.05) is 56.3 Å². The number of nitrogens with two attached hydrogens (primary N) is 4.